The molecule has 1 amide bonds. The second-order valence-corrected chi connectivity index (χ2v) is 9.23. The van der Waals surface area contributed by atoms with Crippen molar-refractivity contribution in [1.82, 2.24) is 4.90 Å². The molecule has 0 radical (unpaired) electrons. The third-order valence-corrected chi connectivity index (χ3v) is 5.87. The first-order chi connectivity index (χ1) is 14.2. The van der Waals surface area contributed by atoms with Gasteiger partial charge in [0.1, 0.15) is 22.6 Å². The molecule has 2 saturated heterocycles. The third-order valence-electron chi connectivity index (χ3n) is 5.87. The molecular formula is C21H29N3O6. The molecule has 0 aliphatic carbocycles. The van der Waals surface area contributed by atoms with E-state index in [1.165, 1.54) is 0 Å². The highest BCUT2D eigenvalue weighted by atomic mass is 16.6. The average molecular weight is 419 g/mol. The summed E-state index contributed by atoms with van der Waals surface area (Å²) in [5.74, 6) is 0.716. The van der Waals surface area contributed by atoms with Crippen LogP contribution < -0.4 is 9.64 Å². The van der Waals surface area contributed by atoms with Crippen LogP contribution in [0.25, 0.3) is 0 Å². The number of hydrogen-bond donors (Lipinski definition) is 0. The number of nitro benzene ring substituents is 1. The van der Waals surface area contributed by atoms with E-state index >= 15 is 0 Å². The molecule has 9 nitrogen and oxygen atoms in total. The summed E-state index contributed by atoms with van der Waals surface area (Å²) in [5, 5.41) is 11.7. The second-order valence-electron chi connectivity index (χ2n) is 9.23. The third kappa shape index (κ3) is 4.16. The Kier molecular flexibility index (Phi) is 5.25. The van der Waals surface area contributed by atoms with Crippen LogP contribution in [0, 0.1) is 10.1 Å². The summed E-state index contributed by atoms with van der Waals surface area (Å²) in [6.07, 6.45) is 1.65. The molecule has 0 atom stereocenters. The van der Waals surface area contributed by atoms with Gasteiger partial charge < -0.3 is 24.0 Å². The first-order valence-corrected chi connectivity index (χ1v) is 10.5. The average Bonchev–Trinajstić information content (AvgIpc) is 3.03. The molecule has 0 aromatic heterocycles. The van der Waals surface area contributed by atoms with Crippen molar-refractivity contribution in [2.75, 3.05) is 44.3 Å². The number of likely N-dealkylation sites (tertiary alicyclic amines) is 1. The molecule has 1 aromatic rings. The molecule has 9 heteroatoms. The fourth-order valence-corrected chi connectivity index (χ4v) is 4.36. The van der Waals surface area contributed by atoms with Gasteiger partial charge in [0.05, 0.1) is 18.1 Å². The zero-order valence-electron chi connectivity index (χ0n) is 17.8. The van der Waals surface area contributed by atoms with Crippen molar-refractivity contribution >= 4 is 17.5 Å². The van der Waals surface area contributed by atoms with E-state index < -0.39 is 11.2 Å². The van der Waals surface area contributed by atoms with Gasteiger partial charge in [0.2, 0.25) is 0 Å². The van der Waals surface area contributed by atoms with Gasteiger partial charge in [-0.15, -0.1) is 0 Å². The molecule has 30 heavy (non-hydrogen) atoms. The molecule has 164 valence electrons. The summed E-state index contributed by atoms with van der Waals surface area (Å²) in [6.45, 7) is 9.00. The number of carbonyl (C=O) groups excluding carboxylic acids is 1. The molecule has 2 fully saturated rings. The van der Waals surface area contributed by atoms with Gasteiger partial charge in [-0.25, -0.2) is 4.79 Å². The van der Waals surface area contributed by atoms with E-state index in [4.69, 9.17) is 14.2 Å². The van der Waals surface area contributed by atoms with Gasteiger partial charge in [-0.1, -0.05) is 0 Å². The highest BCUT2D eigenvalue weighted by Gasteiger charge is 2.44. The lowest BCUT2D eigenvalue weighted by molar-refractivity contribution is -0.384. The van der Waals surface area contributed by atoms with Crippen LogP contribution in [-0.2, 0) is 15.9 Å². The Morgan fingerprint density at radius 2 is 1.83 bits per heavy atom. The maximum absolute atomic E-state index is 12.3. The van der Waals surface area contributed by atoms with Gasteiger partial charge in [0.15, 0.2) is 0 Å². The molecule has 0 bridgehead atoms. The lowest BCUT2D eigenvalue weighted by Crippen LogP contribution is -2.50. The predicted octanol–water partition coefficient (Wildman–Crippen LogP) is 3.14. The number of fused-ring (bicyclic) bond motifs is 1. The number of amides is 1. The molecule has 0 unspecified atom stereocenters. The number of morpholine rings is 1. The normalized spacial score (nSPS) is 20.6. The molecule has 1 aromatic carbocycles. The highest BCUT2D eigenvalue weighted by molar-refractivity contribution is 5.70. The largest absolute Gasteiger partial charge is 0.486 e. The predicted molar refractivity (Wildman–Crippen MR) is 110 cm³/mol. The van der Waals surface area contributed by atoms with Crippen molar-refractivity contribution in [2.45, 2.75) is 51.2 Å². The second kappa shape index (κ2) is 7.61. The zero-order valence-corrected chi connectivity index (χ0v) is 17.8. The maximum Gasteiger partial charge on any atom is 0.410 e. The van der Waals surface area contributed by atoms with Gasteiger partial charge in [-0.05, 0) is 20.8 Å². The summed E-state index contributed by atoms with van der Waals surface area (Å²) >= 11 is 0. The van der Waals surface area contributed by atoms with Crippen LogP contribution in [-0.4, -0.2) is 66.5 Å². The van der Waals surface area contributed by atoms with Crippen molar-refractivity contribution < 1.29 is 23.9 Å². The van der Waals surface area contributed by atoms with Crippen molar-refractivity contribution in [3.05, 3.63) is 27.8 Å². The van der Waals surface area contributed by atoms with Crippen molar-refractivity contribution in [3.8, 4) is 5.75 Å². The summed E-state index contributed by atoms with van der Waals surface area (Å²) in [4.78, 5) is 27.4. The first kappa shape index (κ1) is 20.7. The minimum atomic E-state index is -0.527. The topological polar surface area (TPSA) is 94.4 Å². The minimum absolute atomic E-state index is 0.113. The van der Waals surface area contributed by atoms with Crippen molar-refractivity contribution in [3.63, 3.8) is 0 Å². The van der Waals surface area contributed by atoms with E-state index in [1.54, 1.807) is 11.0 Å². The Bertz CT molecular complexity index is 836. The summed E-state index contributed by atoms with van der Waals surface area (Å²) < 4.78 is 17.2. The van der Waals surface area contributed by atoms with Crippen LogP contribution in [0.1, 0.15) is 39.2 Å². The number of piperidine rings is 1. The molecule has 3 aliphatic rings. The minimum Gasteiger partial charge on any atom is -0.486 e. The fraction of sp³-hybridized carbons (Fsp3) is 0.667. The first-order valence-electron chi connectivity index (χ1n) is 10.5. The monoisotopic (exact) mass is 419 g/mol. The molecule has 3 heterocycles. The summed E-state index contributed by atoms with van der Waals surface area (Å²) in [7, 11) is 0. The van der Waals surface area contributed by atoms with E-state index in [0.717, 1.165) is 5.56 Å². The molecule has 4 rings (SSSR count). The Morgan fingerprint density at radius 3 is 2.43 bits per heavy atom. The quantitative estimate of drug-likeness (QED) is 0.537. The highest BCUT2D eigenvalue weighted by Crippen LogP contribution is 2.46. The maximum atomic E-state index is 12.3. The number of benzene rings is 1. The SMILES string of the molecule is CC(C)(C)OC(=O)N1CCC2(CC1)Cc1cc([N+](=O)[O-])c(N3CCOCC3)cc1O2. The van der Waals surface area contributed by atoms with Gasteiger partial charge in [-0.3, -0.25) is 10.1 Å². The van der Waals surface area contributed by atoms with Crippen LogP contribution in [0.2, 0.25) is 0 Å². The summed E-state index contributed by atoms with van der Waals surface area (Å²) in [5.41, 5.74) is 0.622. The number of anilines is 1. The number of nitro groups is 1. The molecule has 3 aliphatic heterocycles. The fourth-order valence-electron chi connectivity index (χ4n) is 4.36. The van der Waals surface area contributed by atoms with Gasteiger partial charge in [0, 0.05) is 63.1 Å². The molecule has 1 spiro atoms. The van der Waals surface area contributed by atoms with Gasteiger partial charge >= 0.3 is 6.09 Å². The molecule has 0 saturated carbocycles. The number of nitrogens with zero attached hydrogens (tertiary/aromatic N) is 3. The number of carbonyl (C=O) groups is 1. The van der Waals surface area contributed by atoms with E-state index in [1.807, 2.05) is 31.7 Å². The lowest BCUT2D eigenvalue weighted by atomic mass is 9.87. The Labute approximate surface area is 176 Å². The number of hydrogen-bond acceptors (Lipinski definition) is 7. The van der Waals surface area contributed by atoms with E-state index in [9.17, 15) is 14.9 Å². The van der Waals surface area contributed by atoms with Crippen LogP contribution >= 0.6 is 0 Å². The Hall–Kier alpha value is -2.55. The molecular weight excluding hydrogens is 390 g/mol. The van der Waals surface area contributed by atoms with Crippen LogP contribution in [0.5, 0.6) is 5.75 Å². The van der Waals surface area contributed by atoms with E-state index in [-0.39, 0.29) is 16.7 Å². The Morgan fingerprint density at radius 1 is 1.17 bits per heavy atom. The number of rotatable bonds is 2. The standard InChI is InChI=1S/C21H29N3O6/c1-20(2,3)30-19(25)23-6-4-21(5-7-23)14-15-12-17(24(26)27)16(13-18(15)29-21)22-8-10-28-11-9-22/h12-13H,4-11,14H2,1-3H3. The lowest BCUT2D eigenvalue weighted by Gasteiger charge is -2.39. The van der Waals surface area contributed by atoms with Gasteiger partial charge in [0.25, 0.3) is 5.69 Å². The number of ether oxygens (including phenoxy) is 3. The van der Waals surface area contributed by atoms with Gasteiger partial charge in [-0.2, -0.15) is 0 Å². The Balaban J connectivity index is 1.49. The van der Waals surface area contributed by atoms with Crippen LogP contribution in [0.3, 0.4) is 0 Å². The van der Waals surface area contributed by atoms with E-state index in [2.05, 4.69) is 0 Å². The van der Waals surface area contributed by atoms with Crippen LogP contribution in [0.15, 0.2) is 12.1 Å². The van der Waals surface area contributed by atoms with Crippen LogP contribution in [0.4, 0.5) is 16.2 Å². The zero-order chi connectivity index (χ0) is 21.5. The van der Waals surface area contributed by atoms with E-state index in [0.29, 0.717) is 70.1 Å². The van der Waals surface area contributed by atoms with Crippen molar-refractivity contribution in [2.24, 2.45) is 0 Å². The summed E-state index contributed by atoms with van der Waals surface area (Å²) in [6, 6.07) is 3.48. The molecule has 0 N–H and O–H groups in total. The van der Waals surface area contributed by atoms with Crippen molar-refractivity contribution in [1.29, 1.82) is 0 Å². The smallest absolute Gasteiger partial charge is 0.410 e.